The van der Waals surface area contributed by atoms with Crippen LogP contribution in [0.25, 0.3) is 0 Å². The van der Waals surface area contributed by atoms with Crippen molar-refractivity contribution in [3.63, 3.8) is 0 Å². The Kier molecular flexibility index (Phi) is 7.99. The van der Waals surface area contributed by atoms with Gasteiger partial charge in [-0.05, 0) is 41.2 Å². The van der Waals surface area contributed by atoms with Crippen molar-refractivity contribution in [2.75, 3.05) is 6.54 Å². The number of nitrogens with one attached hydrogen (secondary N) is 2. The Labute approximate surface area is 213 Å². The zero-order valence-electron chi connectivity index (χ0n) is 22.3. The van der Waals surface area contributed by atoms with Crippen LogP contribution in [0.5, 0.6) is 0 Å². The summed E-state index contributed by atoms with van der Waals surface area (Å²) in [5.41, 5.74) is 0.708. The molecule has 7 heteroatoms. The van der Waals surface area contributed by atoms with Gasteiger partial charge in [-0.25, -0.2) is 8.78 Å². The van der Waals surface area contributed by atoms with Crippen LogP contribution in [0, 0.1) is 22.5 Å². The summed E-state index contributed by atoms with van der Waals surface area (Å²) >= 11 is 0. The molecule has 2 aromatic carbocycles. The number of hydrogen-bond donors (Lipinski definition) is 4. The van der Waals surface area contributed by atoms with Gasteiger partial charge in [0.2, 0.25) is 5.91 Å². The van der Waals surface area contributed by atoms with Crippen LogP contribution in [-0.4, -0.2) is 40.9 Å². The standard InChI is InChI=1S/C29H40F2N2O3/c1-17(2)20-9-8-10-21(14-20)29(27(4,5)26(36)28(29,6)7)32-16-25(35)24(33-18(3)34)13-19-11-22(30)15-23(31)12-19/h8-12,14-15,17,24-26,32,35-36H,13,16H2,1-7H3,(H,33,34). The predicted octanol–water partition coefficient (Wildman–Crippen LogP) is 4.41. The molecule has 1 aliphatic carbocycles. The molecule has 2 aromatic rings. The first kappa shape index (κ1) is 28.2. The van der Waals surface area contributed by atoms with Crippen LogP contribution in [0.4, 0.5) is 8.78 Å². The molecule has 1 amide bonds. The van der Waals surface area contributed by atoms with Crippen molar-refractivity contribution in [1.29, 1.82) is 0 Å². The normalized spacial score (nSPS) is 24.2. The summed E-state index contributed by atoms with van der Waals surface area (Å²) in [5, 5.41) is 28.6. The zero-order chi connectivity index (χ0) is 27.1. The second-order valence-corrected chi connectivity index (χ2v) is 11.6. The molecule has 0 saturated heterocycles. The van der Waals surface area contributed by atoms with E-state index in [0.29, 0.717) is 11.5 Å². The molecule has 1 saturated carbocycles. The molecule has 0 radical (unpaired) electrons. The maximum Gasteiger partial charge on any atom is 0.217 e. The molecule has 1 aliphatic rings. The third kappa shape index (κ3) is 4.93. The minimum absolute atomic E-state index is 0.0579. The minimum Gasteiger partial charge on any atom is -0.392 e. The fraction of sp³-hybridized carbons (Fsp3) is 0.552. The van der Waals surface area contributed by atoms with Gasteiger partial charge in [0.05, 0.1) is 23.8 Å². The Bertz CT molecular complexity index is 1060. The average Bonchev–Trinajstić information content (AvgIpc) is 2.77. The van der Waals surface area contributed by atoms with E-state index in [0.717, 1.165) is 11.6 Å². The van der Waals surface area contributed by atoms with E-state index in [1.54, 1.807) is 0 Å². The number of halogens is 2. The van der Waals surface area contributed by atoms with Gasteiger partial charge in [-0.2, -0.15) is 0 Å². The Morgan fingerprint density at radius 1 is 1.03 bits per heavy atom. The zero-order valence-corrected chi connectivity index (χ0v) is 22.3. The highest BCUT2D eigenvalue weighted by molar-refractivity contribution is 5.73. The van der Waals surface area contributed by atoms with Crippen LogP contribution < -0.4 is 10.6 Å². The fourth-order valence-electron chi connectivity index (χ4n) is 6.42. The Balaban J connectivity index is 1.94. The average molecular weight is 503 g/mol. The first-order valence-corrected chi connectivity index (χ1v) is 12.6. The number of carbonyl (C=O) groups excluding carboxylic acids is 1. The summed E-state index contributed by atoms with van der Waals surface area (Å²) in [7, 11) is 0. The molecule has 0 aromatic heterocycles. The second kappa shape index (κ2) is 10.2. The Morgan fingerprint density at radius 2 is 1.61 bits per heavy atom. The summed E-state index contributed by atoms with van der Waals surface area (Å²) in [6.07, 6.45) is -1.60. The monoisotopic (exact) mass is 502 g/mol. The smallest absolute Gasteiger partial charge is 0.217 e. The van der Waals surface area contributed by atoms with Gasteiger partial charge in [-0.3, -0.25) is 4.79 Å². The highest BCUT2D eigenvalue weighted by Gasteiger charge is 2.72. The van der Waals surface area contributed by atoms with Crippen LogP contribution in [0.2, 0.25) is 0 Å². The van der Waals surface area contributed by atoms with Gasteiger partial charge in [-0.15, -0.1) is 0 Å². The van der Waals surface area contributed by atoms with Crippen molar-refractivity contribution in [3.05, 3.63) is 70.8 Å². The maximum absolute atomic E-state index is 13.8. The van der Waals surface area contributed by atoms with E-state index in [4.69, 9.17) is 0 Å². The lowest BCUT2D eigenvalue weighted by Crippen LogP contribution is -2.80. The van der Waals surface area contributed by atoms with Crippen LogP contribution >= 0.6 is 0 Å². The number of amides is 1. The van der Waals surface area contributed by atoms with Crippen LogP contribution in [0.1, 0.15) is 71.1 Å². The van der Waals surface area contributed by atoms with Crippen molar-refractivity contribution in [2.45, 2.75) is 84.6 Å². The van der Waals surface area contributed by atoms with E-state index < -0.39 is 46.3 Å². The second-order valence-electron chi connectivity index (χ2n) is 11.6. The largest absolute Gasteiger partial charge is 0.392 e. The van der Waals surface area contributed by atoms with Crippen molar-refractivity contribution < 1.29 is 23.8 Å². The minimum atomic E-state index is -1.06. The maximum atomic E-state index is 13.8. The molecule has 2 unspecified atom stereocenters. The molecule has 0 aliphatic heterocycles. The van der Waals surface area contributed by atoms with Gasteiger partial charge in [0.25, 0.3) is 0 Å². The Hall–Kier alpha value is -2.35. The highest BCUT2D eigenvalue weighted by atomic mass is 19.1. The first-order chi connectivity index (χ1) is 16.6. The quantitative estimate of drug-likeness (QED) is 0.410. The number of benzene rings is 2. The van der Waals surface area contributed by atoms with Crippen LogP contribution in [0.3, 0.4) is 0 Å². The summed E-state index contributed by atoms with van der Waals surface area (Å²) in [5.74, 6) is -1.46. The van der Waals surface area contributed by atoms with Crippen LogP contribution in [-0.2, 0) is 16.8 Å². The van der Waals surface area contributed by atoms with E-state index in [2.05, 4.69) is 36.6 Å². The van der Waals surface area contributed by atoms with E-state index >= 15 is 0 Å². The van der Waals surface area contributed by atoms with Gasteiger partial charge < -0.3 is 20.8 Å². The molecule has 198 valence electrons. The van der Waals surface area contributed by atoms with E-state index in [9.17, 15) is 23.8 Å². The number of carbonyl (C=O) groups is 1. The highest BCUT2D eigenvalue weighted by Crippen LogP contribution is 2.66. The van der Waals surface area contributed by atoms with Crippen molar-refractivity contribution in [2.24, 2.45) is 10.8 Å². The van der Waals surface area contributed by atoms with E-state index in [-0.39, 0.29) is 18.9 Å². The SMILES string of the molecule is CC(=O)NC(Cc1cc(F)cc(F)c1)C(O)CNC1(c2cccc(C(C)C)c2)C(C)(C)C(O)C1(C)C. The molecule has 3 rings (SSSR count). The predicted molar refractivity (Wildman–Crippen MR) is 137 cm³/mol. The molecule has 2 atom stereocenters. The lowest BCUT2D eigenvalue weighted by atomic mass is 9.39. The van der Waals surface area contributed by atoms with Crippen molar-refractivity contribution in [1.82, 2.24) is 10.6 Å². The molecule has 5 nitrogen and oxygen atoms in total. The fourth-order valence-corrected chi connectivity index (χ4v) is 6.42. The number of hydrogen-bond acceptors (Lipinski definition) is 4. The number of aliphatic hydroxyl groups is 2. The van der Waals surface area contributed by atoms with Gasteiger partial charge >= 0.3 is 0 Å². The summed E-state index contributed by atoms with van der Waals surface area (Å²) in [4.78, 5) is 11.9. The van der Waals surface area contributed by atoms with Crippen molar-refractivity contribution >= 4 is 5.91 Å². The third-order valence-corrected chi connectivity index (χ3v) is 8.09. The molecule has 4 N–H and O–H groups in total. The lowest BCUT2D eigenvalue weighted by Gasteiger charge is -2.71. The number of rotatable bonds is 9. The molecule has 0 spiro atoms. The molecule has 0 bridgehead atoms. The summed E-state index contributed by atoms with van der Waals surface area (Å²) < 4.78 is 27.5. The topological polar surface area (TPSA) is 81.6 Å². The van der Waals surface area contributed by atoms with E-state index in [1.165, 1.54) is 24.6 Å². The van der Waals surface area contributed by atoms with Gasteiger partial charge in [0, 0.05) is 30.4 Å². The van der Waals surface area contributed by atoms with Gasteiger partial charge in [0.15, 0.2) is 0 Å². The molecule has 36 heavy (non-hydrogen) atoms. The van der Waals surface area contributed by atoms with Crippen LogP contribution in [0.15, 0.2) is 42.5 Å². The lowest BCUT2D eigenvalue weighted by molar-refractivity contribution is -0.250. The van der Waals surface area contributed by atoms with E-state index in [1.807, 2.05) is 39.8 Å². The Morgan fingerprint density at radius 3 is 2.14 bits per heavy atom. The van der Waals surface area contributed by atoms with Gasteiger partial charge in [-0.1, -0.05) is 65.8 Å². The molecule has 0 heterocycles. The molecular formula is C29H40F2N2O3. The number of aliphatic hydroxyl groups excluding tert-OH is 2. The van der Waals surface area contributed by atoms with Gasteiger partial charge in [0.1, 0.15) is 11.6 Å². The first-order valence-electron chi connectivity index (χ1n) is 12.6. The molecular weight excluding hydrogens is 462 g/mol. The summed E-state index contributed by atoms with van der Waals surface area (Å²) in [6, 6.07) is 10.7. The van der Waals surface area contributed by atoms with Crippen molar-refractivity contribution in [3.8, 4) is 0 Å². The third-order valence-electron chi connectivity index (χ3n) is 8.09. The molecule has 1 fully saturated rings. The summed E-state index contributed by atoms with van der Waals surface area (Å²) in [6.45, 7) is 13.7.